The lowest BCUT2D eigenvalue weighted by Gasteiger charge is -2.35. The molecule has 1 aliphatic rings. The van der Waals surface area contributed by atoms with E-state index in [1.54, 1.807) is 17.0 Å². The molecule has 0 amide bonds. The highest BCUT2D eigenvalue weighted by atomic mass is 19.4. The van der Waals surface area contributed by atoms with Gasteiger partial charge in [-0.25, -0.2) is 4.39 Å². The zero-order valence-electron chi connectivity index (χ0n) is 11.0. The Morgan fingerprint density at radius 2 is 2.10 bits per heavy atom. The van der Waals surface area contributed by atoms with E-state index in [0.717, 1.165) is 0 Å². The molecule has 0 radical (unpaired) electrons. The number of alkyl halides is 3. The molecule has 1 saturated heterocycles. The maximum absolute atomic E-state index is 13.1. The largest absolute Gasteiger partial charge is 0.393 e. The summed E-state index contributed by atoms with van der Waals surface area (Å²) >= 11 is 0. The molecule has 1 heterocycles. The Hall–Kier alpha value is -1.14. The Balaban J connectivity index is 1.96. The zero-order valence-corrected chi connectivity index (χ0v) is 11.0. The monoisotopic (exact) mass is 290 g/mol. The van der Waals surface area contributed by atoms with Gasteiger partial charge in [-0.05, 0) is 37.1 Å². The summed E-state index contributed by atoms with van der Waals surface area (Å²) in [7, 11) is 0. The van der Waals surface area contributed by atoms with Crippen molar-refractivity contribution in [2.75, 3.05) is 19.6 Å². The first-order valence-corrected chi connectivity index (χ1v) is 6.66. The molecule has 2 nitrogen and oxygen atoms in total. The molecule has 20 heavy (non-hydrogen) atoms. The molecule has 6 heteroatoms. The minimum Gasteiger partial charge on any atom is -0.323 e. The normalized spacial score (nSPS) is 22.8. The molecule has 0 aromatic heterocycles. The van der Waals surface area contributed by atoms with E-state index < -0.39 is 18.1 Å². The molecule has 0 spiro atoms. The molecule has 0 saturated carbocycles. The van der Waals surface area contributed by atoms with Crippen molar-refractivity contribution in [2.45, 2.75) is 25.1 Å². The summed E-state index contributed by atoms with van der Waals surface area (Å²) in [5, 5.41) is 0. The summed E-state index contributed by atoms with van der Waals surface area (Å²) in [4.78, 5) is 1.72. The van der Waals surface area contributed by atoms with Gasteiger partial charge in [0.1, 0.15) is 5.82 Å². The predicted octanol–water partition coefficient (Wildman–Crippen LogP) is 3.10. The van der Waals surface area contributed by atoms with Crippen LogP contribution >= 0.6 is 0 Å². The Morgan fingerprint density at radius 1 is 1.35 bits per heavy atom. The van der Waals surface area contributed by atoms with E-state index >= 15 is 0 Å². The van der Waals surface area contributed by atoms with Gasteiger partial charge in [0, 0.05) is 19.1 Å². The first kappa shape index (κ1) is 15.3. The van der Waals surface area contributed by atoms with Crippen LogP contribution in [-0.2, 0) is 0 Å². The highest BCUT2D eigenvalue weighted by Gasteiger charge is 2.41. The number of hydrogen-bond donors (Lipinski definition) is 1. The van der Waals surface area contributed by atoms with Crippen molar-refractivity contribution >= 4 is 0 Å². The summed E-state index contributed by atoms with van der Waals surface area (Å²) in [6.07, 6.45) is -3.46. The summed E-state index contributed by atoms with van der Waals surface area (Å²) < 4.78 is 51.3. The lowest BCUT2D eigenvalue weighted by atomic mass is 9.96. The van der Waals surface area contributed by atoms with Gasteiger partial charge in [0.2, 0.25) is 0 Å². The second-order valence-corrected chi connectivity index (χ2v) is 5.30. The van der Waals surface area contributed by atoms with Gasteiger partial charge in [-0.3, -0.25) is 0 Å². The van der Waals surface area contributed by atoms with E-state index in [4.69, 9.17) is 5.73 Å². The van der Waals surface area contributed by atoms with E-state index in [9.17, 15) is 17.6 Å². The van der Waals surface area contributed by atoms with Crippen molar-refractivity contribution in [3.8, 4) is 0 Å². The third-order valence-corrected chi connectivity index (χ3v) is 3.70. The fourth-order valence-electron chi connectivity index (χ4n) is 2.61. The second kappa shape index (κ2) is 6.10. The van der Waals surface area contributed by atoms with E-state index in [1.807, 2.05) is 0 Å². The third kappa shape index (κ3) is 3.93. The Kier molecular flexibility index (Phi) is 4.65. The number of hydrogen-bond acceptors (Lipinski definition) is 2. The van der Waals surface area contributed by atoms with Crippen molar-refractivity contribution in [3.63, 3.8) is 0 Å². The standard InChI is InChI=1S/C14H18F4N2/c15-12-5-1-3-10(7-12)13(19)9-20-6-2-4-11(8-20)14(16,17)18/h1,3,5,7,11,13H,2,4,6,8-9,19H2. The van der Waals surface area contributed by atoms with E-state index in [-0.39, 0.29) is 18.8 Å². The molecule has 1 aromatic carbocycles. The molecule has 112 valence electrons. The number of benzene rings is 1. The van der Waals surface area contributed by atoms with Crippen molar-refractivity contribution < 1.29 is 17.6 Å². The van der Waals surface area contributed by atoms with Gasteiger partial charge < -0.3 is 10.6 Å². The van der Waals surface area contributed by atoms with Gasteiger partial charge in [-0.1, -0.05) is 12.1 Å². The van der Waals surface area contributed by atoms with Crippen LogP contribution in [0.4, 0.5) is 17.6 Å². The highest BCUT2D eigenvalue weighted by molar-refractivity contribution is 5.20. The molecule has 1 aliphatic heterocycles. The minimum absolute atomic E-state index is 0.0213. The molecule has 1 aromatic rings. The summed E-state index contributed by atoms with van der Waals surface area (Å²) in [6.45, 7) is 0.901. The number of nitrogens with two attached hydrogens (primary N) is 1. The smallest absolute Gasteiger partial charge is 0.323 e. The van der Waals surface area contributed by atoms with Gasteiger partial charge in [0.25, 0.3) is 0 Å². The molecule has 2 unspecified atom stereocenters. The molecule has 0 bridgehead atoms. The van der Waals surface area contributed by atoms with Crippen molar-refractivity contribution in [1.29, 1.82) is 0 Å². The van der Waals surface area contributed by atoms with Crippen molar-refractivity contribution in [2.24, 2.45) is 11.7 Å². The predicted molar refractivity (Wildman–Crippen MR) is 68.5 cm³/mol. The van der Waals surface area contributed by atoms with Crippen LogP contribution in [0.25, 0.3) is 0 Å². The number of nitrogens with zero attached hydrogens (tertiary/aromatic N) is 1. The molecule has 2 N–H and O–H groups in total. The zero-order chi connectivity index (χ0) is 14.8. The SMILES string of the molecule is NC(CN1CCCC(C(F)(F)F)C1)c1cccc(F)c1. The van der Waals surface area contributed by atoms with Gasteiger partial charge in [-0.2, -0.15) is 13.2 Å². The van der Waals surface area contributed by atoms with Gasteiger partial charge in [0.15, 0.2) is 0 Å². The lowest BCUT2D eigenvalue weighted by molar-refractivity contribution is -0.186. The topological polar surface area (TPSA) is 29.3 Å². The van der Waals surface area contributed by atoms with Crippen LogP contribution in [0.1, 0.15) is 24.4 Å². The Bertz CT molecular complexity index is 447. The maximum Gasteiger partial charge on any atom is 0.393 e. The molecule has 1 fully saturated rings. The molecular formula is C14H18F4N2. The number of rotatable bonds is 3. The summed E-state index contributed by atoms with van der Waals surface area (Å²) in [5.41, 5.74) is 6.57. The van der Waals surface area contributed by atoms with Gasteiger partial charge >= 0.3 is 6.18 Å². The molecule has 2 rings (SSSR count). The van der Waals surface area contributed by atoms with Crippen LogP contribution in [0.5, 0.6) is 0 Å². The maximum atomic E-state index is 13.1. The fraction of sp³-hybridized carbons (Fsp3) is 0.571. The van der Waals surface area contributed by atoms with Crippen LogP contribution in [0.2, 0.25) is 0 Å². The number of likely N-dealkylation sites (tertiary alicyclic amines) is 1. The van der Waals surface area contributed by atoms with Crippen LogP contribution in [0.15, 0.2) is 24.3 Å². The molecule has 2 atom stereocenters. The summed E-state index contributed by atoms with van der Waals surface area (Å²) in [5.74, 6) is -1.67. The molecule has 0 aliphatic carbocycles. The highest BCUT2D eigenvalue weighted by Crippen LogP contribution is 2.33. The Morgan fingerprint density at radius 3 is 2.75 bits per heavy atom. The van der Waals surface area contributed by atoms with Crippen molar-refractivity contribution in [1.82, 2.24) is 4.90 Å². The van der Waals surface area contributed by atoms with E-state index in [2.05, 4.69) is 0 Å². The second-order valence-electron chi connectivity index (χ2n) is 5.30. The van der Waals surface area contributed by atoms with Gasteiger partial charge in [-0.15, -0.1) is 0 Å². The number of halogens is 4. The first-order valence-electron chi connectivity index (χ1n) is 6.66. The van der Waals surface area contributed by atoms with E-state index in [0.29, 0.717) is 25.1 Å². The quantitative estimate of drug-likeness (QED) is 0.867. The van der Waals surface area contributed by atoms with Crippen LogP contribution < -0.4 is 5.73 Å². The van der Waals surface area contributed by atoms with Crippen LogP contribution in [0.3, 0.4) is 0 Å². The lowest BCUT2D eigenvalue weighted by Crippen LogP contribution is -2.44. The van der Waals surface area contributed by atoms with Crippen LogP contribution in [-0.4, -0.2) is 30.7 Å². The average Bonchev–Trinajstić information content (AvgIpc) is 2.38. The van der Waals surface area contributed by atoms with Gasteiger partial charge in [0.05, 0.1) is 5.92 Å². The van der Waals surface area contributed by atoms with E-state index in [1.165, 1.54) is 12.1 Å². The third-order valence-electron chi connectivity index (χ3n) is 3.70. The molecular weight excluding hydrogens is 272 g/mol. The average molecular weight is 290 g/mol. The minimum atomic E-state index is -4.15. The number of piperidine rings is 1. The summed E-state index contributed by atoms with van der Waals surface area (Å²) in [6, 6.07) is 5.42. The van der Waals surface area contributed by atoms with Crippen molar-refractivity contribution in [3.05, 3.63) is 35.6 Å². The fourth-order valence-corrected chi connectivity index (χ4v) is 2.61. The van der Waals surface area contributed by atoms with Crippen LogP contribution in [0, 0.1) is 11.7 Å². The Labute approximate surface area is 115 Å². The first-order chi connectivity index (χ1) is 9.36.